The van der Waals surface area contributed by atoms with Gasteiger partial charge in [0.25, 0.3) is 0 Å². The van der Waals surface area contributed by atoms with Gasteiger partial charge in [0.1, 0.15) is 0 Å². The minimum atomic E-state index is -1.08. The van der Waals surface area contributed by atoms with Gasteiger partial charge in [-0.1, -0.05) is 6.92 Å². The largest absolute Gasteiger partial charge is 0.291 e. The van der Waals surface area contributed by atoms with Crippen LogP contribution >= 0.6 is 0 Å². The summed E-state index contributed by atoms with van der Waals surface area (Å²) in [6.45, 7) is 8.09. The van der Waals surface area contributed by atoms with E-state index in [1.807, 2.05) is 0 Å². The van der Waals surface area contributed by atoms with Gasteiger partial charge in [-0.25, -0.2) is 0 Å². The molecular formula is C6H7O2. The molecular weight excluding hydrogens is 104 g/mol. The number of carbonyl (C=O) groups is 2. The van der Waals surface area contributed by atoms with Gasteiger partial charge in [0.05, 0.1) is 6.92 Å². The number of hydrogen-bond donors (Lipinski definition) is 0. The predicted octanol–water partition coefficient (Wildman–Crippen LogP) is 0.513. The molecule has 0 aromatic rings. The van der Waals surface area contributed by atoms with Crippen LogP contribution in [-0.2, 0) is 9.59 Å². The summed E-state index contributed by atoms with van der Waals surface area (Å²) in [6.07, 6.45) is 0.853. The molecule has 0 aromatic carbocycles. The molecule has 0 aliphatic carbocycles. The molecule has 0 spiro atoms. The Bertz CT molecular complexity index is 105. The predicted molar refractivity (Wildman–Crippen MR) is 28.2 cm³/mol. The maximum atomic E-state index is 10.2. The van der Waals surface area contributed by atoms with Crippen molar-refractivity contribution < 1.29 is 9.59 Å². The third-order valence-electron chi connectivity index (χ3n) is 0.730. The molecule has 0 aromatic heterocycles. The minimum absolute atomic E-state index is 0.211. The normalized spacial score (nSPS) is 8.75. The van der Waals surface area contributed by atoms with Crippen LogP contribution < -0.4 is 0 Å². The quantitative estimate of drug-likeness (QED) is 0.497. The van der Waals surface area contributed by atoms with Crippen molar-refractivity contribution >= 4 is 11.6 Å². The monoisotopic (exact) mass is 111 g/mol. The van der Waals surface area contributed by atoms with Gasteiger partial charge in [-0.3, -0.25) is 9.59 Å². The summed E-state index contributed by atoms with van der Waals surface area (Å²) in [7, 11) is 0. The molecule has 0 N–H and O–H groups in total. The van der Waals surface area contributed by atoms with Gasteiger partial charge < -0.3 is 0 Å². The lowest BCUT2D eigenvalue weighted by molar-refractivity contribution is -0.134. The van der Waals surface area contributed by atoms with Crippen molar-refractivity contribution in [2.75, 3.05) is 0 Å². The zero-order valence-electron chi connectivity index (χ0n) is 4.73. The van der Waals surface area contributed by atoms with Gasteiger partial charge in [0, 0.05) is 6.42 Å². The average Bonchev–Trinajstić information content (AvgIpc) is 1.67. The highest BCUT2D eigenvalue weighted by Gasteiger charge is 2.04. The van der Waals surface area contributed by atoms with Gasteiger partial charge >= 0.3 is 0 Å². The summed E-state index contributed by atoms with van der Waals surface area (Å²) in [4.78, 5) is 20.1. The molecule has 3 radical (unpaired) electrons. The maximum absolute atomic E-state index is 10.2. The second-order valence-electron chi connectivity index (χ2n) is 1.50. The Hall–Kier alpha value is -0.660. The number of rotatable bonds is 3. The molecule has 0 atom stereocenters. The Morgan fingerprint density at radius 3 is 2.12 bits per heavy atom. The number of ketones is 2. The molecule has 0 rings (SSSR count). The molecule has 43 valence electrons. The Morgan fingerprint density at radius 1 is 1.50 bits per heavy atom. The molecule has 0 saturated heterocycles. The second kappa shape index (κ2) is 3.36. The molecule has 8 heavy (non-hydrogen) atoms. The summed E-state index contributed by atoms with van der Waals surface area (Å²) in [5.74, 6) is -1.67. The minimum Gasteiger partial charge on any atom is -0.291 e. The van der Waals surface area contributed by atoms with E-state index in [4.69, 9.17) is 6.92 Å². The number of carbonyl (C=O) groups excluding carboxylic acids is 2. The lowest BCUT2D eigenvalue weighted by atomic mass is 10.2. The molecule has 2 nitrogen and oxygen atoms in total. The van der Waals surface area contributed by atoms with E-state index >= 15 is 0 Å². The van der Waals surface area contributed by atoms with Crippen molar-refractivity contribution in [1.29, 1.82) is 0 Å². The van der Waals surface area contributed by atoms with E-state index < -0.39 is 11.6 Å². The highest BCUT2D eigenvalue weighted by Crippen LogP contribution is 1.88. The van der Waals surface area contributed by atoms with E-state index in [9.17, 15) is 9.59 Å². The summed E-state index contributed by atoms with van der Waals surface area (Å²) in [5.41, 5.74) is 0. The average molecular weight is 111 g/mol. The van der Waals surface area contributed by atoms with E-state index in [1.54, 1.807) is 6.92 Å². The SMILES string of the molecule is [C]C(=O)C(=O)CCC. The second-order valence-corrected chi connectivity index (χ2v) is 1.50. The molecule has 0 aliphatic heterocycles. The summed E-state index contributed by atoms with van der Waals surface area (Å²) >= 11 is 0. The smallest absolute Gasteiger partial charge is 0.207 e. The van der Waals surface area contributed by atoms with Crippen molar-refractivity contribution in [3.05, 3.63) is 6.92 Å². The highest BCUT2D eigenvalue weighted by molar-refractivity contribution is 6.38. The Morgan fingerprint density at radius 2 is 2.00 bits per heavy atom. The Balaban J connectivity index is 3.49. The first kappa shape index (κ1) is 7.34. The van der Waals surface area contributed by atoms with Crippen LogP contribution in [0.3, 0.4) is 0 Å². The van der Waals surface area contributed by atoms with Crippen molar-refractivity contribution in [2.24, 2.45) is 0 Å². The zero-order chi connectivity index (χ0) is 6.57. The summed E-state index contributed by atoms with van der Waals surface area (Å²) in [5, 5.41) is 0. The lowest BCUT2D eigenvalue weighted by Crippen LogP contribution is -2.07. The first-order valence-electron chi connectivity index (χ1n) is 2.47. The van der Waals surface area contributed by atoms with Crippen LogP contribution in [0.25, 0.3) is 0 Å². The van der Waals surface area contributed by atoms with Crippen molar-refractivity contribution in [3.63, 3.8) is 0 Å². The summed E-state index contributed by atoms with van der Waals surface area (Å²) in [6, 6.07) is 0. The van der Waals surface area contributed by atoms with E-state index in [2.05, 4.69) is 0 Å². The Kier molecular flexibility index (Phi) is 3.08. The maximum Gasteiger partial charge on any atom is 0.207 e. The van der Waals surface area contributed by atoms with Crippen LogP contribution in [0.2, 0.25) is 0 Å². The third-order valence-corrected chi connectivity index (χ3v) is 0.730. The van der Waals surface area contributed by atoms with Crippen molar-refractivity contribution in [1.82, 2.24) is 0 Å². The fourth-order valence-electron chi connectivity index (χ4n) is 0.341. The van der Waals surface area contributed by atoms with Crippen LogP contribution in [-0.4, -0.2) is 11.6 Å². The van der Waals surface area contributed by atoms with Crippen LogP contribution in [0, 0.1) is 6.92 Å². The first-order valence-corrected chi connectivity index (χ1v) is 2.47. The fourth-order valence-corrected chi connectivity index (χ4v) is 0.341. The van der Waals surface area contributed by atoms with E-state index in [1.165, 1.54) is 0 Å². The van der Waals surface area contributed by atoms with Crippen molar-refractivity contribution in [2.45, 2.75) is 19.8 Å². The van der Waals surface area contributed by atoms with Gasteiger partial charge in [0.2, 0.25) is 5.78 Å². The number of Topliss-reactive ketones (excluding diaryl/α,β-unsaturated/α-hetero) is 2. The van der Waals surface area contributed by atoms with Crippen LogP contribution in [0.4, 0.5) is 0 Å². The third kappa shape index (κ3) is 2.50. The Labute approximate surface area is 48.9 Å². The van der Waals surface area contributed by atoms with Crippen LogP contribution in [0.5, 0.6) is 0 Å². The van der Waals surface area contributed by atoms with Gasteiger partial charge in [-0.2, -0.15) is 0 Å². The molecule has 2 heteroatoms. The summed E-state index contributed by atoms with van der Waals surface area (Å²) < 4.78 is 0. The van der Waals surface area contributed by atoms with E-state index in [0.717, 1.165) is 0 Å². The standard InChI is InChI=1S/C6H7O2/c1-3-4-6(8)5(2)7/h3-4H2,1H3. The zero-order valence-corrected chi connectivity index (χ0v) is 4.73. The molecule has 0 saturated carbocycles. The topological polar surface area (TPSA) is 34.1 Å². The highest BCUT2D eigenvalue weighted by atomic mass is 16.2. The molecule has 0 amide bonds. The fraction of sp³-hybridized carbons (Fsp3) is 0.500. The van der Waals surface area contributed by atoms with E-state index in [-0.39, 0.29) is 6.42 Å². The van der Waals surface area contributed by atoms with Gasteiger partial charge in [-0.15, -0.1) is 0 Å². The molecule has 0 aliphatic rings. The van der Waals surface area contributed by atoms with Gasteiger partial charge in [-0.05, 0) is 6.42 Å². The van der Waals surface area contributed by atoms with Crippen molar-refractivity contribution in [3.8, 4) is 0 Å². The molecule has 0 heterocycles. The number of hydrogen-bond acceptors (Lipinski definition) is 2. The molecule has 0 bridgehead atoms. The first-order chi connectivity index (χ1) is 3.68. The van der Waals surface area contributed by atoms with E-state index in [0.29, 0.717) is 6.42 Å². The lowest BCUT2D eigenvalue weighted by Gasteiger charge is -1.86. The molecule has 0 unspecified atom stereocenters. The molecule has 0 fully saturated rings. The van der Waals surface area contributed by atoms with Crippen LogP contribution in [0.15, 0.2) is 0 Å². The van der Waals surface area contributed by atoms with Crippen LogP contribution in [0.1, 0.15) is 19.8 Å². The van der Waals surface area contributed by atoms with Gasteiger partial charge in [0.15, 0.2) is 5.78 Å².